The number of hydrogen-bond donors (Lipinski definition) is 0. The van der Waals surface area contributed by atoms with Gasteiger partial charge >= 0.3 is 5.97 Å². The highest BCUT2D eigenvalue weighted by molar-refractivity contribution is 5.65. The molecule has 0 heterocycles. The van der Waals surface area contributed by atoms with E-state index in [1.54, 1.807) is 21.2 Å². The predicted molar refractivity (Wildman–Crippen MR) is 57.5 cm³/mol. The van der Waals surface area contributed by atoms with Crippen LogP contribution in [0.1, 0.15) is 20.3 Å². The average Bonchev–Trinajstić information content (AvgIpc) is 2.17. The Labute approximate surface area is 91.3 Å². The lowest BCUT2D eigenvalue weighted by atomic mass is 10.3. The lowest BCUT2D eigenvalue weighted by molar-refractivity contribution is -0.141. The molecule has 0 aliphatic rings. The van der Waals surface area contributed by atoms with E-state index in [4.69, 9.17) is 9.47 Å². The van der Waals surface area contributed by atoms with E-state index in [9.17, 15) is 9.59 Å². The summed E-state index contributed by atoms with van der Waals surface area (Å²) in [5.41, 5.74) is 0. The van der Waals surface area contributed by atoms with E-state index in [1.165, 1.54) is 11.8 Å². The molecule has 90 valence electrons. The molecule has 0 aliphatic heterocycles. The highest BCUT2D eigenvalue weighted by Gasteiger charge is 1.99. The predicted octanol–water partition coefficient (Wildman–Crippen LogP) is 0.679. The summed E-state index contributed by atoms with van der Waals surface area (Å²) in [5.74, 6) is -0.233. The van der Waals surface area contributed by atoms with Crippen LogP contribution in [0.25, 0.3) is 0 Å². The SMILES string of the molecule is CN(C)C=O.COC(C)CCOC(C)=O. The fourth-order valence-corrected chi connectivity index (χ4v) is 0.486. The second kappa shape index (κ2) is 11.0. The first kappa shape index (κ1) is 16.3. The number of esters is 1. The number of methoxy groups -OCH3 is 1. The van der Waals surface area contributed by atoms with Crippen LogP contribution in [-0.4, -0.2) is 51.2 Å². The second-order valence-electron chi connectivity index (χ2n) is 3.24. The Kier molecular flexibility index (Phi) is 12.0. The van der Waals surface area contributed by atoms with Crippen LogP contribution in [0, 0.1) is 0 Å². The quantitative estimate of drug-likeness (QED) is 0.504. The Morgan fingerprint density at radius 2 is 1.93 bits per heavy atom. The van der Waals surface area contributed by atoms with E-state index in [0.717, 1.165) is 12.8 Å². The number of hydrogen-bond acceptors (Lipinski definition) is 4. The minimum absolute atomic E-state index is 0.166. The van der Waals surface area contributed by atoms with Gasteiger partial charge in [-0.1, -0.05) is 0 Å². The van der Waals surface area contributed by atoms with E-state index < -0.39 is 0 Å². The summed E-state index contributed by atoms with van der Waals surface area (Å²) in [4.78, 5) is 21.1. The fraction of sp³-hybridized carbons (Fsp3) is 0.800. The first-order chi connectivity index (χ1) is 6.93. The number of carbonyl (C=O) groups excluding carboxylic acids is 2. The highest BCUT2D eigenvalue weighted by Crippen LogP contribution is 1.94. The van der Waals surface area contributed by atoms with E-state index >= 15 is 0 Å². The van der Waals surface area contributed by atoms with E-state index in [2.05, 4.69) is 0 Å². The Hall–Kier alpha value is -1.10. The summed E-state index contributed by atoms with van der Waals surface area (Å²) in [6.07, 6.45) is 1.68. The first-order valence-corrected chi connectivity index (χ1v) is 4.71. The molecule has 0 saturated heterocycles. The smallest absolute Gasteiger partial charge is 0.302 e. The Balaban J connectivity index is 0. The van der Waals surface area contributed by atoms with Crippen molar-refractivity contribution in [1.29, 1.82) is 0 Å². The van der Waals surface area contributed by atoms with Gasteiger partial charge in [-0.3, -0.25) is 9.59 Å². The van der Waals surface area contributed by atoms with Gasteiger partial charge in [0.2, 0.25) is 6.41 Å². The van der Waals surface area contributed by atoms with Crippen molar-refractivity contribution in [3.63, 3.8) is 0 Å². The third-order valence-corrected chi connectivity index (χ3v) is 1.44. The molecule has 0 aromatic rings. The van der Waals surface area contributed by atoms with Gasteiger partial charge in [0, 0.05) is 34.5 Å². The van der Waals surface area contributed by atoms with Crippen LogP contribution in [0.15, 0.2) is 0 Å². The van der Waals surface area contributed by atoms with Gasteiger partial charge in [-0.25, -0.2) is 0 Å². The molecule has 0 N–H and O–H groups in total. The molecule has 0 aliphatic carbocycles. The van der Waals surface area contributed by atoms with Gasteiger partial charge < -0.3 is 14.4 Å². The zero-order valence-corrected chi connectivity index (χ0v) is 10.1. The van der Waals surface area contributed by atoms with E-state index in [-0.39, 0.29) is 12.1 Å². The molecule has 0 radical (unpaired) electrons. The van der Waals surface area contributed by atoms with Crippen LogP contribution in [0.3, 0.4) is 0 Å². The van der Waals surface area contributed by atoms with Crippen molar-refractivity contribution < 1.29 is 19.1 Å². The molecule has 15 heavy (non-hydrogen) atoms. The molecule has 0 aromatic heterocycles. The molecule has 1 unspecified atom stereocenters. The molecular weight excluding hydrogens is 198 g/mol. The van der Waals surface area contributed by atoms with Gasteiger partial charge in [-0.15, -0.1) is 0 Å². The number of ether oxygens (including phenoxy) is 2. The number of amides is 1. The third-order valence-electron chi connectivity index (χ3n) is 1.44. The van der Waals surface area contributed by atoms with Crippen LogP contribution < -0.4 is 0 Å². The van der Waals surface area contributed by atoms with Crippen molar-refractivity contribution >= 4 is 12.4 Å². The lowest BCUT2D eigenvalue weighted by Crippen LogP contribution is -2.10. The normalized spacial score (nSPS) is 10.7. The Morgan fingerprint density at radius 3 is 2.20 bits per heavy atom. The van der Waals surface area contributed by atoms with Crippen LogP contribution in [0.4, 0.5) is 0 Å². The van der Waals surface area contributed by atoms with Gasteiger partial charge in [-0.2, -0.15) is 0 Å². The molecule has 0 rings (SSSR count). The molecule has 0 saturated carbocycles. The lowest BCUT2D eigenvalue weighted by Gasteiger charge is -2.07. The molecule has 0 bridgehead atoms. The second-order valence-corrected chi connectivity index (χ2v) is 3.24. The number of nitrogens with zero attached hydrogens (tertiary/aromatic N) is 1. The van der Waals surface area contributed by atoms with Crippen LogP contribution in [-0.2, 0) is 19.1 Å². The fourth-order valence-electron chi connectivity index (χ4n) is 0.486. The van der Waals surface area contributed by atoms with Crippen molar-refractivity contribution in [2.75, 3.05) is 27.8 Å². The average molecular weight is 219 g/mol. The highest BCUT2D eigenvalue weighted by atomic mass is 16.5. The number of carbonyl (C=O) groups is 2. The molecule has 5 heteroatoms. The molecule has 0 spiro atoms. The van der Waals surface area contributed by atoms with Crippen molar-refractivity contribution in [2.45, 2.75) is 26.4 Å². The first-order valence-electron chi connectivity index (χ1n) is 4.71. The standard InChI is InChI=1S/C7H14O3.C3H7NO/c1-6(9-3)4-5-10-7(2)8;1-4(2)3-5/h6H,4-5H2,1-3H3;3H,1-2H3. The van der Waals surface area contributed by atoms with Crippen LogP contribution in [0.5, 0.6) is 0 Å². The monoisotopic (exact) mass is 219 g/mol. The third kappa shape index (κ3) is 19.3. The topological polar surface area (TPSA) is 55.8 Å². The van der Waals surface area contributed by atoms with Gasteiger partial charge in [0.05, 0.1) is 12.7 Å². The zero-order valence-electron chi connectivity index (χ0n) is 10.1. The molecule has 1 amide bonds. The summed E-state index contributed by atoms with van der Waals surface area (Å²) in [6.45, 7) is 3.78. The largest absolute Gasteiger partial charge is 0.466 e. The molecule has 1 atom stereocenters. The zero-order chi connectivity index (χ0) is 12.3. The maximum Gasteiger partial charge on any atom is 0.302 e. The van der Waals surface area contributed by atoms with Crippen molar-refractivity contribution in [3.8, 4) is 0 Å². The van der Waals surface area contributed by atoms with E-state index in [0.29, 0.717) is 6.61 Å². The van der Waals surface area contributed by atoms with Gasteiger partial charge in [0.1, 0.15) is 0 Å². The summed E-state index contributed by atoms with van der Waals surface area (Å²) < 4.78 is 9.64. The molecule has 0 aromatic carbocycles. The van der Waals surface area contributed by atoms with Crippen molar-refractivity contribution in [2.24, 2.45) is 0 Å². The summed E-state index contributed by atoms with van der Waals surface area (Å²) in [5, 5.41) is 0. The van der Waals surface area contributed by atoms with Crippen LogP contribution in [0.2, 0.25) is 0 Å². The maximum absolute atomic E-state index is 10.3. The Morgan fingerprint density at radius 1 is 1.47 bits per heavy atom. The van der Waals surface area contributed by atoms with Crippen LogP contribution >= 0.6 is 0 Å². The summed E-state index contributed by atoms with van der Waals surface area (Å²) in [6, 6.07) is 0. The molecule has 5 nitrogen and oxygen atoms in total. The molecule has 0 fully saturated rings. The minimum atomic E-state index is -0.233. The van der Waals surface area contributed by atoms with Gasteiger partial charge in [-0.05, 0) is 6.92 Å². The van der Waals surface area contributed by atoms with Gasteiger partial charge in [0.15, 0.2) is 0 Å². The number of rotatable bonds is 5. The maximum atomic E-state index is 10.3. The van der Waals surface area contributed by atoms with Gasteiger partial charge in [0.25, 0.3) is 0 Å². The van der Waals surface area contributed by atoms with E-state index in [1.807, 2.05) is 6.92 Å². The summed E-state index contributed by atoms with van der Waals surface area (Å²) in [7, 11) is 5.01. The Bertz CT molecular complexity index is 171. The summed E-state index contributed by atoms with van der Waals surface area (Å²) >= 11 is 0. The molecular formula is C10H21NO4. The van der Waals surface area contributed by atoms with Crippen molar-refractivity contribution in [1.82, 2.24) is 4.90 Å². The van der Waals surface area contributed by atoms with Crippen molar-refractivity contribution in [3.05, 3.63) is 0 Å². The minimum Gasteiger partial charge on any atom is -0.466 e.